The fourth-order valence-corrected chi connectivity index (χ4v) is 5.46. The van der Waals surface area contributed by atoms with Crippen LogP contribution in [0.15, 0.2) is 41.6 Å². The molecule has 0 aliphatic carbocycles. The highest BCUT2D eigenvalue weighted by atomic mass is 35.5. The van der Waals surface area contributed by atoms with Gasteiger partial charge >= 0.3 is 0 Å². The summed E-state index contributed by atoms with van der Waals surface area (Å²) in [5.41, 5.74) is -0.294. The lowest BCUT2D eigenvalue weighted by Gasteiger charge is -2.41. The standard InChI is InChI=1S/C23H27ClFN3O4S/c1-23(2,32-20-8-4-14(25)10-19(20)24)22(29)27-15-11-16-5-6-17(12-15)28(16)18-7-9-21(26-13-18)33(3,30)31/h4,7-10,13,15-17H,5-6,11-12H2,1-3H3,(H,27,29)/t15?,16-,17+. The van der Waals surface area contributed by atoms with Crippen LogP contribution in [-0.4, -0.2) is 49.3 Å². The molecule has 2 aromatic rings. The lowest BCUT2D eigenvalue weighted by atomic mass is 9.95. The van der Waals surface area contributed by atoms with Gasteiger partial charge in [-0.1, -0.05) is 11.6 Å². The van der Waals surface area contributed by atoms with Crippen molar-refractivity contribution in [1.82, 2.24) is 10.3 Å². The Morgan fingerprint density at radius 1 is 1.21 bits per heavy atom. The molecule has 0 saturated carbocycles. The van der Waals surface area contributed by atoms with E-state index in [4.69, 9.17) is 16.3 Å². The molecule has 3 atom stereocenters. The number of ether oxygens (including phenoxy) is 1. The first kappa shape index (κ1) is 23.8. The number of carbonyl (C=O) groups excluding carboxylic acids is 1. The number of anilines is 1. The summed E-state index contributed by atoms with van der Waals surface area (Å²) in [7, 11) is -3.34. The molecule has 1 aromatic heterocycles. The summed E-state index contributed by atoms with van der Waals surface area (Å²) in [5, 5.41) is 3.28. The molecule has 1 amide bonds. The van der Waals surface area contributed by atoms with Gasteiger partial charge in [0.05, 0.1) is 16.9 Å². The Balaban J connectivity index is 1.41. The second kappa shape index (κ2) is 8.76. The molecular weight excluding hydrogens is 469 g/mol. The average Bonchev–Trinajstić information content (AvgIpc) is 3.00. The summed E-state index contributed by atoms with van der Waals surface area (Å²) in [6.07, 6.45) is 6.28. The lowest BCUT2D eigenvalue weighted by Crippen LogP contribution is -2.55. The van der Waals surface area contributed by atoms with Gasteiger partial charge in [-0.05, 0) is 69.9 Å². The lowest BCUT2D eigenvalue weighted by molar-refractivity contribution is -0.135. The van der Waals surface area contributed by atoms with Crippen LogP contribution in [0, 0.1) is 5.82 Å². The van der Waals surface area contributed by atoms with Crippen LogP contribution in [0.2, 0.25) is 5.02 Å². The maximum absolute atomic E-state index is 13.3. The predicted molar refractivity (Wildman–Crippen MR) is 124 cm³/mol. The molecule has 1 aromatic carbocycles. The Bertz CT molecular complexity index is 1140. The Labute approximate surface area is 198 Å². The van der Waals surface area contributed by atoms with E-state index in [1.54, 1.807) is 32.2 Å². The van der Waals surface area contributed by atoms with Crippen molar-refractivity contribution < 1.29 is 22.3 Å². The maximum atomic E-state index is 13.3. The molecule has 4 rings (SSSR count). The average molecular weight is 496 g/mol. The number of rotatable bonds is 6. The fraction of sp³-hybridized carbons (Fsp3) is 0.478. The molecule has 10 heteroatoms. The Morgan fingerprint density at radius 2 is 1.88 bits per heavy atom. The zero-order valence-electron chi connectivity index (χ0n) is 18.7. The minimum atomic E-state index is -3.34. The number of nitrogens with one attached hydrogen (secondary N) is 1. The van der Waals surface area contributed by atoms with Crippen molar-refractivity contribution >= 4 is 33.0 Å². The summed E-state index contributed by atoms with van der Waals surface area (Å²) in [4.78, 5) is 19.4. The first-order valence-electron chi connectivity index (χ1n) is 10.8. The number of pyridine rings is 1. The van der Waals surface area contributed by atoms with Crippen molar-refractivity contribution in [2.75, 3.05) is 11.2 Å². The molecule has 2 fully saturated rings. The van der Waals surface area contributed by atoms with Crippen LogP contribution in [0.25, 0.3) is 0 Å². The van der Waals surface area contributed by atoms with Gasteiger partial charge < -0.3 is 15.0 Å². The molecule has 2 saturated heterocycles. The van der Waals surface area contributed by atoms with Crippen molar-refractivity contribution in [1.29, 1.82) is 0 Å². The van der Waals surface area contributed by atoms with Gasteiger partial charge in [0.25, 0.3) is 5.91 Å². The van der Waals surface area contributed by atoms with E-state index in [1.165, 1.54) is 12.1 Å². The van der Waals surface area contributed by atoms with Gasteiger partial charge in [-0.3, -0.25) is 4.79 Å². The zero-order valence-corrected chi connectivity index (χ0v) is 20.3. The van der Waals surface area contributed by atoms with Crippen LogP contribution in [0.3, 0.4) is 0 Å². The van der Waals surface area contributed by atoms with Gasteiger partial charge in [0.15, 0.2) is 20.5 Å². The number of nitrogens with zero attached hydrogens (tertiary/aromatic N) is 2. The first-order chi connectivity index (χ1) is 15.4. The van der Waals surface area contributed by atoms with E-state index in [1.807, 2.05) is 0 Å². The van der Waals surface area contributed by atoms with Crippen LogP contribution in [0.4, 0.5) is 10.1 Å². The van der Waals surface area contributed by atoms with Gasteiger partial charge in [-0.15, -0.1) is 0 Å². The van der Waals surface area contributed by atoms with Crippen LogP contribution >= 0.6 is 11.6 Å². The number of benzene rings is 1. The van der Waals surface area contributed by atoms with Gasteiger partial charge in [-0.2, -0.15) is 0 Å². The number of fused-ring (bicyclic) bond motifs is 2. The van der Waals surface area contributed by atoms with E-state index in [9.17, 15) is 17.6 Å². The van der Waals surface area contributed by atoms with E-state index in [0.717, 1.165) is 43.7 Å². The van der Waals surface area contributed by atoms with Crippen molar-refractivity contribution in [2.24, 2.45) is 0 Å². The van der Waals surface area contributed by atoms with E-state index >= 15 is 0 Å². The van der Waals surface area contributed by atoms with Crippen LogP contribution in [0.1, 0.15) is 39.5 Å². The monoisotopic (exact) mass is 495 g/mol. The third-order valence-corrected chi connectivity index (χ3v) is 7.57. The van der Waals surface area contributed by atoms with E-state index in [2.05, 4.69) is 15.2 Å². The van der Waals surface area contributed by atoms with Crippen molar-refractivity contribution in [3.63, 3.8) is 0 Å². The Hall–Kier alpha value is -2.39. The number of carbonyl (C=O) groups is 1. The number of hydrogen-bond donors (Lipinski definition) is 1. The van der Waals surface area contributed by atoms with Crippen molar-refractivity contribution in [3.8, 4) is 5.75 Å². The van der Waals surface area contributed by atoms with Gasteiger partial charge in [-0.25, -0.2) is 17.8 Å². The van der Waals surface area contributed by atoms with Crippen LogP contribution < -0.4 is 15.0 Å². The van der Waals surface area contributed by atoms with Gasteiger partial charge in [0.2, 0.25) is 0 Å². The molecule has 7 nitrogen and oxygen atoms in total. The van der Waals surface area contributed by atoms with Gasteiger partial charge in [0, 0.05) is 24.4 Å². The van der Waals surface area contributed by atoms with Crippen LogP contribution in [-0.2, 0) is 14.6 Å². The second-order valence-electron chi connectivity index (χ2n) is 9.25. The highest BCUT2D eigenvalue weighted by molar-refractivity contribution is 7.90. The minimum absolute atomic E-state index is 0.0129. The minimum Gasteiger partial charge on any atom is -0.476 e. The highest BCUT2D eigenvalue weighted by Crippen LogP contribution is 2.39. The number of aromatic nitrogens is 1. The normalized spacial score (nSPS) is 22.8. The molecule has 3 heterocycles. The van der Waals surface area contributed by atoms with Crippen LogP contribution in [0.5, 0.6) is 5.75 Å². The largest absolute Gasteiger partial charge is 0.476 e. The number of halogens is 2. The Kier molecular flexibility index (Phi) is 6.30. The molecule has 2 bridgehead atoms. The Morgan fingerprint density at radius 3 is 2.42 bits per heavy atom. The predicted octanol–water partition coefficient (Wildman–Crippen LogP) is 3.75. The number of hydrogen-bond acceptors (Lipinski definition) is 6. The van der Waals surface area contributed by atoms with E-state index in [-0.39, 0.29) is 39.8 Å². The second-order valence-corrected chi connectivity index (χ2v) is 11.6. The summed E-state index contributed by atoms with van der Waals surface area (Å²) < 4.78 is 42.5. The number of sulfone groups is 1. The van der Waals surface area contributed by atoms with E-state index in [0.29, 0.717) is 0 Å². The maximum Gasteiger partial charge on any atom is 0.263 e. The van der Waals surface area contributed by atoms with Crippen molar-refractivity contribution in [3.05, 3.63) is 47.4 Å². The number of piperidine rings is 1. The summed E-state index contributed by atoms with van der Waals surface area (Å²) in [5.74, 6) is -0.490. The molecule has 0 spiro atoms. The highest BCUT2D eigenvalue weighted by Gasteiger charge is 2.43. The SMILES string of the molecule is CC(C)(Oc1ccc(F)cc1Cl)C(=O)NC1C[C@H]2CC[C@@H](C1)N2c1ccc(S(C)(=O)=O)nc1. The fourth-order valence-electron chi connectivity index (χ4n) is 4.70. The summed E-state index contributed by atoms with van der Waals surface area (Å²) >= 11 is 6.05. The molecule has 2 aliphatic rings. The summed E-state index contributed by atoms with van der Waals surface area (Å²) in [6, 6.07) is 7.59. The molecule has 178 valence electrons. The topological polar surface area (TPSA) is 88.6 Å². The smallest absolute Gasteiger partial charge is 0.263 e. The molecule has 0 radical (unpaired) electrons. The third kappa shape index (κ3) is 5.09. The number of amides is 1. The molecule has 1 N–H and O–H groups in total. The quantitative estimate of drug-likeness (QED) is 0.656. The molecule has 1 unspecified atom stereocenters. The summed E-state index contributed by atoms with van der Waals surface area (Å²) in [6.45, 7) is 3.31. The zero-order chi connectivity index (χ0) is 24.0. The first-order valence-corrected chi connectivity index (χ1v) is 13.1. The molecular formula is C23H27ClFN3O4S. The third-order valence-electron chi connectivity index (χ3n) is 6.27. The van der Waals surface area contributed by atoms with Crippen molar-refractivity contribution in [2.45, 2.75) is 68.3 Å². The van der Waals surface area contributed by atoms with Gasteiger partial charge in [0.1, 0.15) is 11.6 Å². The molecule has 2 aliphatic heterocycles. The molecule has 33 heavy (non-hydrogen) atoms. The van der Waals surface area contributed by atoms with E-state index < -0.39 is 21.3 Å².